The summed E-state index contributed by atoms with van der Waals surface area (Å²) in [5.41, 5.74) is 8.05. The molecular formula is C13H22N2O2S. The molecule has 0 aliphatic carbocycles. The molecule has 0 spiro atoms. The van der Waals surface area contributed by atoms with E-state index < -0.39 is 10.0 Å². The SMILES string of the molecule is Cc1c(N)cccc1CNS(=O)(=O)CC(C)(C)C. The lowest BCUT2D eigenvalue weighted by atomic mass is 10.0. The summed E-state index contributed by atoms with van der Waals surface area (Å²) < 4.78 is 26.4. The van der Waals surface area contributed by atoms with Crippen molar-refractivity contribution in [2.24, 2.45) is 5.41 Å². The average Bonchev–Trinajstić information content (AvgIpc) is 2.17. The van der Waals surface area contributed by atoms with Crippen LogP contribution >= 0.6 is 0 Å². The minimum Gasteiger partial charge on any atom is -0.399 e. The Labute approximate surface area is 110 Å². The van der Waals surface area contributed by atoms with Crippen molar-refractivity contribution in [3.05, 3.63) is 29.3 Å². The summed E-state index contributed by atoms with van der Waals surface area (Å²) in [6, 6.07) is 5.52. The summed E-state index contributed by atoms with van der Waals surface area (Å²) in [4.78, 5) is 0. The van der Waals surface area contributed by atoms with Crippen molar-refractivity contribution in [2.45, 2.75) is 34.2 Å². The number of rotatable bonds is 4. The van der Waals surface area contributed by atoms with Crippen LogP contribution in [0.4, 0.5) is 5.69 Å². The van der Waals surface area contributed by atoms with Gasteiger partial charge in [-0.2, -0.15) is 0 Å². The number of hydrogen-bond acceptors (Lipinski definition) is 3. The molecule has 0 aliphatic rings. The Balaban J connectivity index is 2.74. The van der Waals surface area contributed by atoms with Gasteiger partial charge in [0.1, 0.15) is 0 Å². The topological polar surface area (TPSA) is 72.2 Å². The van der Waals surface area contributed by atoms with Crippen molar-refractivity contribution < 1.29 is 8.42 Å². The van der Waals surface area contributed by atoms with E-state index in [1.54, 1.807) is 0 Å². The van der Waals surface area contributed by atoms with Gasteiger partial charge in [0.25, 0.3) is 0 Å². The van der Waals surface area contributed by atoms with Gasteiger partial charge in [0.2, 0.25) is 10.0 Å². The molecule has 0 heterocycles. The maximum atomic E-state index is 11.9. The number of nitrogens with one attached hydrogen (secondary N) is 1. The minimum atomic E-state index is -3.26. The van der Waals surface area contributed by atoms with Gasteiger partial charge >= 0.3 is 0 Å². The van der Waals surface area contributed by atoms with Crippen LogP contribution in [0.2, 0.25) is 0 Å². The first kappa shape index (κ1) is 15.0. The van der Waals surface area contributed by atoms with Crippen LogP contribution in [0.5, 0.6) is 0 Å². The van der Waals surface area contributed by atoms with E-state index >= 15 is 0 Å². The highest BCUT2D eigenvalue weighted by Crippen LogP contribution is 2.17. The van der Waals surface area contributed by atoms with Gasteiger partial charge < -0.3 is 5.73 Å². The van der Waals surface area contributed by atoms with E-state index in [4.69, 9.17) is 5.73 Å². The molecule has 0 saturated heterocycles. The van der Waals surface area contributed by atoms with Crippen molar-refractivity contribution in [3.8, 4) is 0 Å². The number of hydrogen-bond donors (Lipinski definition) is 2. The van der Waals surface area contributed by atoms with E-state index in [1.165, 1.54) is 0 Å². The first-order valence-electron chi connectivity index (χ1n) is 5.92. The van der Waals surface area contributed by atoms with Crippen LogP contribution < -0.4 is 10.5 Å². The molecule has 3 N–H and O–H groups in total. The largest absolute Gasteiger partial charge is 0.399 e. The van der Waals surface area contributed by atoms with Gasteiger partial charge in [-0.05, 0) is 29.5 Å². The average molecular weight is 270 g/mol. The molecule has 102 valence electrons. The van der Waals surface area contributed by atoms with Gasteiger partial charge in [-0.15, -0.1) is 0 Å². The molecule has 0 amide bonds. The fourth-order valence-electron chi connectivity index (χ4n) is 1.70. The van der Waals surface area contributed by atoms with Gasteiger partial charge in [-0.3, -0.25) is 0 Å². The summed E-state index contributed by atoms with van der Waals surface area (Å²) in [6.45, 7) is 7.88. The van der Waals surface area contributed by atoms with Gasteiger partial charge in [-0.1, -0.05) is 32.9 Å². The molecule has 18 heavy (non-hydrogen) atoms. The second kappa shape index (κ2) is 5.28. The molecule has 0 aromatic heterocycles. The summed E-state index contributed by atoms with van der Waals surface area (Å²) in [7, 11) is -3.26. The fourth-order valence-corrected chi connectivity index (χ4v) is 3.32. The molecule has 0 bridgehead atoms. The Kier molecular flexibility index (Phi) is 4.40. The molecule has 0 aliphatic heterocycles. The lowest BCUT2D eigenvalue weighted by Gasteiger charge is -2.18. The van der Waals surface area contributed by atoms with Crippen LogP contribution in [-0.2, 0) is 16.6 Å². The van der Waals surface area contributed by atoms with Crippen molar-refractivity contribution in [1.29, 1.82) is 0 Å². The summed E-state index contributed by atoms with van der Waals surface area (Å²) in [5.74, 6) is 0.112. The third-order valence-electron chi connectivity index (χ3n) is 2.59. The lowest BCUT2D eigenvalue weighted by Crippen LogP contribution is -2.32. The standard InChI is InChI=1S/C13H22N2O2S/c1-10-11(6-5-7-12(10)14)8-15-18(16,17)9-13(2,3)4/h5-7,15H,8-9,14H2,1-4H3. The maximum Gasteiger partial charge on any atom is 0.212 e. The van der Waals surface area contributed by atoms with Gasteiger partial charge in [0, 0.05) is 12.2 Å². The van der Waals surface area contributed by atoms with Crippen LogP contribution in [0, 0.1) is 12.3 Å². The monoisotopic (exact) mass is 270 g/mol. The number of anilines is 1. The van der Waals surface area contributed by atoms with E-state index in [0.717, 1.165) is 11.1 Å². The molecule has 1 aromatic rings. The Morgan fingerprint density at radius 3 is 2.44 bits per heavy atom. The zero-order valence-electron chi connectivity index (χ0n) is 11.4. The molecular weight excluding hydrogens is 248 g/mol. The Hall–Kier alpha value is -1.07. The van der Waals surface area contributed by atoms with Crippen LogP contribution in [0.3, 0.4) is 0 Å². The molecule has 0 unspecified atom stereocenters. The minimum absolute atomic E-state index is 0.112. The summed E-state index contributed by atoms with van der Waals surface area (Å²) in [6.07, 6.45) is 0. The van der Waals surface area contributed by atoms with E-state index in [9.17, 15) is 8.42 Å². The second-order valence-corrected chi connectivity index (χ2v) is 7.58. The molecule has 0 radical (unpaired) electrons. The van der Waals surface area contributed by atoms with Gasteiger partial charge in [-0.25, -0.2) is 13.1 Å². The molecule has 5 heteroatoms. The predicted molar refractivity (Wildman–Crippen MR) is 75.7 cm³/mol. The van der Waals surface area contributed by atoms with Crippen molar-refractivity contribution in [2.75, 3.05) is 11.5 Å². The number of sulfonamides is 1. The van der Waals surface area contributed by atoms with Crippen molar-refractivity contribution in [3.63, 3.8) is 0 Å². The summed E-state index contributed by atoms with van der Waals surface area (Å²) >= 11 is 0. The Morgan fingerprint density at radius 1 is 1.28 bits per heavy atom. The Bertz CT molecular complexity index is 516. The normalized spacial score (nSPS) is 12.7. The van der Waals surface area contributed by atoms with Crippen LogP contribution in [0.1, 0.15) is 31.9 Å². The van der Waals surface area contributed by atoms with Crippen LogP contribution in [0.15, 0.2) is 18.2 Å². The van der Waals surface area contributed by atoms with Gasteiger partial charge in [0.05, 0.1) is 5.75 Å². The number of nitrogen functional groups attached to an aromatic ring is 1. The van der Waals surface area contributed by atoms with Crippen LogP contribution in [0.25, 0.3) is 0 Å². The summed E-state index contributed by atoms with van der Waals surface area (Å²) in [5, 5.41) is 0. The molecule has 1 rings (SSSR count). The molecule has 1 aromatic carbocycles. The van der Waals surface area contributed by atoms with E-state index in [1.807, 2.05) is 45.9 Å². The molecule has 4 nitrogen and oxygen atoms in total. The Morgan fingerprint density at radius 2 is 1.89 bits per heavy atom. The second-order valence-electron chi connectivity index (χ2n) is 5.77. The first-order chi connectivity index (χ1) is 8.11. The van der Waals surface area contributed by atoms with Crippen molar-refractivity contribution in [1.82, 2.24) is 4.72 Å². The van der Waals surface area contributed by atoms with Crippen molar-refractivity contribution >= 4 is 15.7 Å². The highest BCUT2D eigenvalue weighted by Gasteiger charge is 2.21. The number of benzene rings is 1. The zero-order valence-corrected chi connectivity index (χ0v) is 12.3. The smallest absolute Gasteiger partial charge is 0.212 e. The lowest BCUT2D eigenvalue weighted by molar-refractivity contribution is 0.458. The fraction of sp³-hybridized carbons (Fsp3) is 0.538. The third kappa shape index (κ3) is 4.66. The molecule has 0 fully saturated rings. The maximum absolute atomic E-state index is 11.9. The molecule has 0 atom stereocenters. The van der Waals surface area contributed by atoms with E-state index in [-0.39, 0.29) is 17.7 Å². The van der Waals surface area contributed by atoms with Crippen LogP contribution in [-0.4, -0.2) is 14.2 Å². The predicted octanol–water partition coefficient (Wildman–Crippen LogP) is 2.04. The van der Waals surface area contributed by atoms with Gasteiger partial charge in [0.15, 0.2) is 0 Å². The first-order valence-corrected chi connectivity index (χ1v) is 7.57. The zero-order chi connectivity index (χ0) is 14.0. The highest BCUT2D eigenvalue weighted by molar-refractivity contribution is 7.89. The third-order valence-corrected chi connectivity index (χ3v) is 4.42. The molecule has 0 saturated carbocycles. The quantitative estimate of drug-likeness (QED) is 0.822. The number of nitrogens with two attached hydrogens (primary N) is 1. The van der Waals surface area contributed by atoms with E-state index in [0.29, 0.717) is 5.69 Å². The highest BCUT2D eigenvalue weighted by atomic mass is 32.2. The van der Waals surface area contributed by atoms with E-state index in [2.05, 4.69) is 4.72 Å².